The van der Waals surface area contributed by atoms with Crippen LogP contribution in [0.1, 0.15) is 29.4 Å². The van der Waals surface area contributed by atoms with Gasteiger partial charge in [-0.25, -0.2) is 0 Å². The molecule has 4 nitrogen and oxygen atoms in total. The van der Waals surface area contributed by atoms with Gasteiger partial charge in [0.1, 0.15) is 0 Å². The number of halogens is 1. The minimum Gasteiger partial charge on any atom is -0.463 e. The van der Waals surface area contributed by atoms with Crippen molar-refractivity contribution in [1.82, 2.24) is 4.57 Å². The Morgan fingerprint density at radius 2 is 2.28 bits per heavy atom. The Bertz CT molecular complexity index is 570. The molecule has 0 spiro atoms. The highest BCUT2D eigenvalue weighted by Gasteiger charge is 2.23. The Kier molecular flexibility index (Phi) is 3.61. The summed E-state index contributed by atoms with van der Waals surface area (Å²) in [5, 5.41) is 0. The lowest BCUT2D eigenvalue weighted by atomic mass is 10.2. The predicted octanol–water partition coefficient (Wildman–Crippen LogP) is 3.33. The first-order chi connectivity index (χ1) is 8.57. The first-order valence-electron chi connectivity index (χ1n) is 5.80. The molecule has 0 unspecified atom stereocenters. The van der Waals surface area contributed by atoms with Crippen molar-refractivity contribution >= 4 is 21.8 Å². The number of hydrogen-bond acceptors (Lipinski definition) is 2. The van der Waals surface area contributed by atoms with Crippen LogP contribution in [0.2, 0.25) is 0 Å². The fraction of sp³-hybridized carbons (Fsp3) is 0.308. The number of rotatable bonds is 4. The first kappa shape index (κ1) is 13.0. The van der Waals surface area contributed by atoms with E-state index in [0.717, 1.165) is 30.1 Å². The van der Waals surface area contributed by atoms with Crippen LogP contribution in [-0.4, -0.2) is 10.5 Å². The molecule has 0 fully saturated rings. The van der Waals surface area contributed by atoms with Crippen molar-refractivity contribution < 1.29 is 9.21 Å². The molecule has 2 rings (SSSR count). The topological polar surface area (TPSA) is 61.2 Å². The standard InChI is InChI=1S/C13H15BrN2O2/c1-3-6-16-8(2)10(13(15)17)11(14)12(16)9-5-4-7-18-9/h4-5,7H,3,6H2,1-2H3,(H2,15,17). The minimum absolute atomic E-state index is 0.429. The monoisotopic (exact) mass is 310 g/mol. The zero-order valence-electron chi connectivity index (χ0n) is 10.4. The van der Waals surface area contributed by atoms with Crippen molar-refractivity contribution in [3.8, 4) is 11.5 Å². The number of carbonyl (C=O) groups excluding carboxylic acids is 1. The van der Waals surface area contributed by atoms with Crippen molar-refractivity contribution in [3.63, 3.8) is 0 Å². The van der Waals surface area contributed by atoms with Gasteiger partial charge in [-0.1, -0.05) is 6.92 Å². The van der Waals surface area contributed by atoms with Crippen molar-refractivity contribution in [1.29, 1.82) is 0 Å². The van der Waals surface area contributed by atoms with Crippen molar-refractivity contribution in [2.24, 2.45) is 5.73 Å². The molecule has 0 aliphatic heterocycles. The fourth-order valence-electron chi connectivity index (χ4n) is 2.14. The van der Waals surface area contributed by atoms with E-state index in [1.165, 1.54) is 0 Å². The van der Waals surface area contributed by atoms with Gasteiger partial charge >= 0.3 is 0 Å². The van der Waals surface area contributed by atoms with E-state index in [1.54, 1.807) is 6.26 Å². The van der Waals surface area contributed by atoms with Crippen LogP contribution in [0.25, 0.3) is 11.5 Å². The van der Waals surface area contributed by atoms with Gasteiger partial charge in [-0.2, -0.15) is 0 Å². The fourth-order valence-corrected chi connectivity index (χ4v) is 3.03. The quantitative estimate of drug-likeness (QED) is 0.941. The molecule has 0 bridgehead atoms. The van der Waals surface area contributed by atoms with Gasteiger partial charge < -0.3 is 14.7 Å². The number of carbonyl (C=O) groups is 1. The summed E-state index contributed by atoms with van der Waals surface area (Å²) >= 11 is 3.46. The second-order valence-corrected chi connectivity index (χ2v) is 4.91. The number of hydrogen-bond donors (Lipinski definition) is 1. The Hall–Kier alpha value is -1.49. The second kappa shape index (κ2) is 5.02. The van der Waals surface area contributed by atoms with Crippen LogP contribution < -0.4 is 5.73 Å². The Balaban J connectivity index is 2.70. The van der Waals surface area contributed by atoms with E-state index in [1.807, 2.05) is 19.1 Å². The molecule has 0 radical (unpaired) electrons. The maximum atomic E-state index is 11.5. The number of nitrogens with two attached hydrogens (primary N) is 1. The Morgan fingerprint density at radius 3 is 2.78 bits per heavy atom. The van der Waals surface area contributed by atoms with Gasteiger partial charge in [0.2, 0.25) is 0 Å². The molecule has 0 atom stereocenters. The highest BCUT2D eigenvalue weighted by atomic mass is 79.9. The van der Waals surface area contributed by atoms with Crippen molar-refractivity contribution in [3.05, 3.63) is 34.1 Å². The highest BCUT2D eigenvalue weighted by molar-refractivity contribution is 9.10. The van der Waals surface area contributed by atoms with E-state index in [9.17, 15) is 4.79 Å². The summed E-state index contributed by atoms with van der Waals surface area (Å²) in [4.78, 5) is 11.5. The van der Waals surface area contributed by atoms with Gasteiger partial charge in [-0.3, -0.25) is 4.79 Å². The third kappa shape index (κ3) is 1.99. The molecule has 18 heavy (non-hydrogen) atoms. The third-order valence-corrected chi connectivity index (χ3v) is 3.68. The van der Waals surface area contributed by atoms with E-state index in [0.29, 0.717) is 10.0 Å². The van der Waals surface area contributed by atoms with Crippen LogP contribution >= 0.6 is 15.9 Å². The van der Waals surface area contributed by atoms with Crippen LogP contribution in [0.5, 0.6) is 0 Å². The van der Waals surface area contributed by atoms with Crippen LogP contribution in [-0.2, 0) is 6.54 Å². The summed E-state index contributed by atoms with van der Waals surface area (Å²) in [5.74, 6) is 0.299. The lowest BCUT2D eigenvalue weighted by Crippen LogP contribution is -2.13. The predicted molar refractivity (Wildman–Crippen MR) is 73.4 cm³/mol. The smallest absolute Gasteiger partial charge is 0.251 e. The lowest BCUT2D eigenvalue weighted by Gasteiger charge is -2.08. The zero-order chi connectivity index (χ0) is 13.3. The molecule has 2 aromatic rings. The minimum atomic E-state index is -0.429. The summed E-state index contributed by atoms with van der Waals surface area (Å²) in [5.41, 5.74) is 7.69. The molecule has 5 heteroatoms. The molecule has 2 N–H and O–H groups in total. The summed E-state index contributed by atoms with van der Waals surface area (Å²) in [6.45, 7) is 4.80. The molecule has 0 aliphatic rings. The van der Waals surface area contributed by atoms with Crippen molar-refractivity contribution in [2.45, 2.75) is 26.8 Å². The number of aromatic nitrogens is 1. The van der Waals surface area contributed by atoms with E-state index < -0.39 is 5.91 Å². The number of furan rings is 1. The van der Waals surface area contributed by atoms with Gasteiger partial charge in [0, 0.05) is 12.2 Å². The number of amides is 1. The maximum absolute atomic E-state index is 11.5. The Morgan fingerprint density at radius 1 is 1.56 bits per heavy atom. The number of primary amides is 1. The lowest BCUT2D eigenvalue weighted by molar-refractivity contribution is 0.0999. The van der Waals surface area contributed by atoms with E-state index in [4.69, 9.17) is 10.2 Å². The van der Waals surface area contributed by atoms with Gasteiger partial charge in [0.15, 0.2) is 5.76 Å². The highest BCUT2D eigenvalue weighted by Crippen LogP contribution is 2.36. The molecule has 0 saturated carbocycles. The van der Waals surface area contributed by atoms with Crippen LogP contribution in [0, 0.1) is 6.92 Å². The molecule has 1 amide bonds. The third-order valence-electron chi connectivity index (χ3n) is 2.91. The summed E-state index contributed by atoms with van der Waals surface area (Å²) in [6.07, 6.45) is 2.58. The van der Waals surface area contributed by atoms with E-state index in [2.05, 4.69) is 27.4 Å². The van der Waals surface area contributed by atoms with E-state index in [-0.39, 0.29) is 0 Å². The van der Waals surface area contributed by atoms with Gasteiger partial charge in [0.25, 0.3) is 5.91 Å². The van der Waals surface area contributed by atoms with Gasteiger partial charge in [0.05, 0.1) is 22.0 Å². The molecular weight excluding hydrogens is 296 g/mol. The summed E-state index contributed by atoms with van der Waals surface area (Å²) < 4.78 is 8.20. The average Bonchev–Trinajstić information content (AvgIpc) is 2.87. The summed E-state index contributed by atoms with van der Waals surface area (Å²) in [6, 6.07) is 3.70. The largest absolute Gasteiger partial charge is 0.463 e. The summed E-state index contributed by atoms with van der Waals surface area (Å²) in [7, 11) is 0. The van der Waals surface area contributed by atoms with Crippen LogP contribution in [0.3, 0.4) is 0 Å². The normalized spacial score (nSPS) is 10.8. The maximum Gasteiger partial charge on any atom is 0.251 e. The second-order valence-electron chi connectivity index (χ2n) is 4.12. The van der Waals surface area contributed by atoms with Gasteiger partial charge in [-0.05, 0) is 41.4 Å². The molecule has 0 saturated heterocycles. The molecular formula is C13H15BrN2O2. The van der Waals surface area contributed by atoms with E-state index >= 15 is 0 Å². The SMILES string of the molecule is CCCn1c(C)c(C(N)=O)c(Br)c1-c1ccco1. The zero-order valence-corrected chi connectivity index (χ0v) is 12.0. The van der Waals surface area contributed by atoms with Crippen LogP contribution in [0.15, 0.2) is 27.3 Å². The molecule has 0 aliphatic carbocycles. The average molecular weight is 311 g/mol. The Labute approximate surface area is 114 Å². The van der Waals surface area contributed by atoms with Crippen molar-refractivity contribution in [2.75, 3.05) is 0 Å². The van der Waals surface area contributed by atoms with Gasteiger partial charge in [-0.15, -0.1) is 0 Å². The molecule has 2 heterocycles. The molecule has 96 valence electrons. The number of nitrogens with zero attached hydrogens (tertiary/aromatic N) is 1. The van der Waals surface area contributed by atoms with Crippen LogP contribution in [0.4, 0.5) is 0 Å². The first-order valence-corrected chi connectivity index (χ1v) is 6.59. The molecule has 0 aromatic carbocycles. The molecule has 2 aromatic heterocycles.